The number of hydrogen-bond acceptors (Lipinski definition) is 1. The molecule has 1 nitrogen and oxygen atoms in total. The summed E-state index contributed by atoms with van der Waals surface area (Å²) in [6, 6.07) is 9.36. The SMILES string of the molecule is CCCCCCCCC(NC)c1cccc(I)c1. The molecule has 0 aliphatic carbocycles. The van der Waals surface area contributed by atoms with Crippen LogP contribution in [0.25, 0.3) is 0 Å². The van der Waals surface area contributed by atoms with Gasteiger partial charge in [-0.2, -0.15) is 0 Å². The number of hydrogen-bond donors (Lipinski definition) is 1. The lowest BCUT2D eigenvalue weighted by Crippen LogP contribution is -2.16. The standard InChI is InChI=1S/C16H26IN/c1-3-4-5-6-7-8-12-16(18-2)14-10-9-11-15(17)13-14/h9-11,13,16,18H,3-8,12H2,1-2H3. The van der Waals surface area contributed by atoms with E-state index in [0.29, 0.717) is 6.04 Å². The molecule has 0 amide bonds. The molecular formula is C16H26IN. The van der Waals surface area contributed by atoms with E-state index in [1.807, 2.05) is 0 Å². The molecule has 0 radical (unpaired) electrons. The lowest BCUT2D eigenvalue weighted by atomic mass is 10.00. The highest BCUT2D eigenvalue weighted by atomic mass is 127. The molecule has 1 aromatic rings. The van der Waals surface area contributed by atoms with Gasteiger partial charge in [-0.3, -0.25) is 0 Å². The van der Waals surface area contributed by atoms with Gasteiger partial charge in [0.15, 0.2) is 0 Å². The van der Waals surface area contributed by atoms with E-state index in [-0.39, 0.29) is 0 Å². The van der Waals surface area contributed by atoms with Gasteiger partial charge in [0.25, 0.3) is 0 Å². The van der Waals surface area contributed by atoms with Crippen molar-refractivity contribution in [2.45, 2.75) is 57.9 Å². The van der Waals surface area contributed by atoms with Crippen molar-refractivity contribution in [2.24, 2.45) is 0 Å². The van der Waals surface area contributed by atoms with Gasteiger partial charge < -0.3 is 5.32 Å². The van der Waals surface area contributed by atoms with E-state index in [4.69, 9.17) is 0 Å². The maximum atomic E-state index is 3.44. The zero-order chi connectivity index (χ0) is 13.2. The number of benzene rings is 1. The van der Waals surface area contributed by atoms with E-state index in [0.717, 1.165) is 0 Å². The van der Waals surface area contributed by atoms with Crippen molar-refractivity contribution in [1.82, 2.24) is 5.32 Å². The van der Waals surface area contributed by atoms with Crippen LogP contribution < -0.4 is 5.32 Å². The molecule has 0 aliphatic heterocycles. The van der Waals surface area contributed by atoms with Crippen LogP contribution in [0.15, 0.2) is 24.3 Å². The second kappa shape index (κ2) is 9.79. The van der Waals surface area contributed by atoms with Crippen molar-refractivity contribution in [3.8, 4) is 0 Å². The number of nitrogens with one attached hydrogen (secondary N) is 1. The van der Waals surface area contributed by atoms with Crippen LogP contribution in [0.3, 0.4) is 0 Å². The van der Waals surface area contributed by atoms with Crippen LogP contribution >= 0.6 is 22.6 Å². The predicted molar refractivity (Wildman–Crippen MR) is 89.0 cm³/mol. The van der Waals surface area contributed by atoms with Crippen LogP contribution in [-0.4, -0.2) is 7.05 Å². The van der Waals surface area contributed by atoms with Crippen molar-refractivity contribution < 1.29 is 0 Å². The molecule has 1 unspecified atom stereocenters. The van der Waals surface area contributed by atoms with E-state index < -0.39 is 0 Å². The summed E-state index contributed by atoms with van der Waals surface area (Å²) in [5.74, 6) is 0. The fraction of sp³-hybridized carbons (Fsp3) is 0.625. The highest BCUT2D eigenvalue weighted by molar-refractivity contribution is 14.1. The summed E-state index contributed by atoms with van der Waals surface area (Å²) in [7, 11) is 2.07. The Hall–Kier alpha value is -0.0900. The third kappa shape index (κ3) is 6.19. The molecule has 0 spiro atoms. The predicted octanol–water partition coefficient (Wildman–Crippen LogP) is 5.30. The Balaban J connectivity index is 2.29. The van der Waals surface area contributed by atoms with Gasteiger partial charge in [-0.25, -0.2) is 0 Å². The molecule has 18 heavy (non-hydrogen) atoms. The van der Waals surface area contributed by atoms with Gasteiger partial charge in [-0.05, 0) is 53.8 Å². The van der Waals surface area contributed by atoms with Gasteiger partial charge in [-0.15, -0.1) is 0 Å². The molecule has 1 aromatic carbocycles. The molecule has 0 aliphatic rings. The first-order valence-corrected chi connectivity index (χ1v) is 8.28. The van der Waals surface area contributed by atoms with E-state index in [1.165, 1.54) is 54.1 Å². The Morgan fingerprint density at radius 3 is 2.50 bits per heavy atom. The zero-order valence-corrected chi connectivity index (χ0v) is 13.9. The van der Waals surface area contributed by atoms with Gasteiger partial charge in [0.05, 0.1) is 0 Å². The summed E-state index contributed by atoms with van der Waals surface area (Å²) in [4.78, 5) is 0. The van der Waals surface area contributed by atoms with Crippen LogP contribution in [0.2, 0.25) is 0 Å². The lowest BCUT2D eigenvalue weighted by Gasteiger charge is -2.16. The first-order chi connectivity index (χ1) is 8.77. The molecular weight excluding hydrogens is 333 g/mol. The molecule has 1 N–H and O–H groups in total. The summed E-state index contributed by atoms with van der Waals surface area (Å²) in [5.41, 5.74) is 1.43. The summed E-state index contributed by atoms with van der Waals surface area (Å²) in [6.07, 6.45) is 9.50. The smallest absolute Gasteiger partial charge is 0.0317 e. The molecule has 2 heteroatoms. The van der Waals surface area contributed by atoms with Crippen molar-refractivity contribution >= 4 is 22.6 Å². The molecule has 0 aromatic heterocycles. The Morgan fingerprint density at radius 1 is 1.11 bits per heavy atom. The average molecular weight is 359 g/mol. The maximum absolute atomic E-state index is 3.44. The third-order valence-corrected chi connectivity index (χ3v) is 4.12. The number of halogens is 1. The molecule has 1 atom stereocenters. The fourth-order valence-electron chi connectivity index (χ4n) is 2.33. The van der Waals surface area contributed by atoms with Gasteiger partial charge in [0.1, 0.15) is 0 Å². The maximum Gasteiger partial charge on any atom is 0.0317 e. The number of unbranched alkanes of at least 4 members (excludes halogenated alkanes) is 5. The van der Waals surface area contributed by atoms with E-state index in [1.54, 1.807) is 0 Å². The van der Waals surface area contributed by atoms with Crippen LogP contribution in [0.5, 0.6) is 0 Å². The highest BCUT2D eigenvalue weighted by Gasteiger charge is 2.08. The third-order valence-electron chi connectivity index (χ3n) is 3.45. The lowest BCUT2D eigenvalue weighted by molar-refractivity contribution is 0.498. The number of rotatable bonds is 9. The monoisotopic (exact) mass is 359 g/mol. The molecule has 102 valence electrons. The van der Waals surface area contributed by atoms with Crippen molar-refractivity contribution in [3.63, 3.8) is 0 Å². The molecule has 0 saturated heterocycles. The highest BCUT2D eigenvalue weighted by Crippen LogP contribution is 2.21. The summed E-state index contributed by atoms with van der Waals surface area (Å²) >= 11 is 2.39. The Bertz CT molecular complexity index is 325. The summed E-state index contributed by atoms with van der Waals surface area (Å²) < 4.78 is 1.33. The zero-order valence-electron chi connectivity index (χ0n) is 11.7. The first-order valence-electron chi connectivity index (χ1n) is 7.20. The first kappa shape index (κ1) is 16.0. The van der Waals surface area contributed by atoms with Crippen molar-refractivity contribution in [3.05, 3.63) is 33.4 Å². The molecule has 0 heterocycles. The van der Waals surface area contributed by atoms with Crippen molar-refractivity contribution in [1.29, 1.82) is 0 Å². The fourth-order valence-corrected chi connectivity index (χ4v) is 2.90. The summed E-state index contributed by atoms with van der Waals surface area (Å²) in [6.45, 7) is 2.27. The van der Waals surface area contributed by atoms with Crippen LogP contribution in [0.1, 0.15) is 63.5 Å². The molecule has 0 bridgehead atoms. The van der Waals surface area contributed by atoms with Crippen LogP contribution in [-0.2, 0) is 0 Å². The normalized spacial score (nSPS) is 12.6. The second-order valence-corrected chi connectivity index (χ2v) is 6.20. The van der Waals surface area contributed by atoms with Gasteiger partial charge in [-0.1, -0.05) is 57.6 Å². The van der Waals surface area contributed by atoms with Crippen molar-refractivity contribution in [2.75, 3.05) is 7.05 Å². The quantitative estimate of drug-likeness (QED) is 0.466. The van der Waals surface area contributed by atoms with E-state index >= 15 is 0 Å². The largest absolute Gasteiger partial charge is 0.313 e. The molecule has 1 rings (SSSR count). The molecule has 0 fully saturated rings. The van der Waals surface area contributed by atoms with Crippen LogP contribution in [0, 0.1) is 3.57 Å². The Morgan fingerprint density at radius 2 is 1.83 bits per heavy atom. The van der Waals surface area contributed by atoms with E-state index in [2.05, 4.69) is 66.1 Å². The summed E-state index contributed by atoms with van der Waals surface area (Å²) in [5, 5.41) is 3.44. The topological polar surface area (TPSA) is 12.0 Å². The minimum Gasteiger partial charge on any atom is -0.313 e. The minimum atomic E-state index is 0.519. The average Bonchev–Trinajstić information content (AvgIpc) is 2.38. The Kier molecular flexibility index (Phi) is 8.68. The molecule has 0 saturated carbocycles. The minimum absolute atomic E-state index is 0.519. The van der Waals surface area contributed by atoms with Gasteiger partial charge in [0, 0.05) is 9.61 Å². The second-order valence-electron chi connectivity index (χ2n) is 4.95. The Labute approximate surface area is 126 Å². The van der Waals surface area contributed by atoms with Crippen LogP contribution in [0.4, 0.5) is 0 Å². The van der Waals surface area contributed by atoms with Gasteiger partial charge >= 0.3 is 0 Å². The van der Waals surface area contributed by atoms with Gasteiger partial charge in [0.2, 0.25) is 0 Å². The van der Waals surface area contributed by atoms with E-state index in [9.17, 15) is 0 Å².